The van der Waals surface area contributed by atoms with Crippen LogP contribution < -0.4 is 14.8 Å². The minimum Gasteiger partial charge on any atom is -0.493 e. The first-order chi connectivity index (χ1) is 14.5. The third kappa shape index (κ3) is 5.80. The normalized spacial score (nSPS) is 11.1. The van der Waals surface area contributed by atoms with Crippen molar-refractivity contribution in [3.63, 3.8) is 0 Å². The number of amides is 1. The molecule has 158 valence electrons. The number of sulfone groups is 1. The van der Waals surface area contributed by atoms with Gasteiger partial charge in [-0.1, -0.05) is 18.2 Å². The third-order valence-electron chi connectivity index (χ3n) is 4.26. The Kier molecular flexibility index (Phi) is 7.42. The number of hydrogen-bond acceptors (Lipinski definition) is 7. The molecule has 0 unspecified atom stereocenters. The van der Waals surface area contributed by atoms with Gasteiger partial charge in [0.15, 0.2) is 21.3 Å². The maximum Gasteiger partial charge on any atom is 0.251 e. The number of rotatable bonds is 10. The molecular weight excluding hydrogens is 424 g/mol. The first kappa shape index (κ1) is 21.8. The van der Waals surface area contributed by atoms with E-state index in [1.807, 2.05) is 5.38 Å². The first-order valence-electron chi connectivity index (χ1n) is 9.23. The number of carbonyl (C=O) groups is 1. The summed E-state index contributed by atoms with van der Waals surface area (Å²) in [5.74, 6) is 0.598. The van der Waals surface area contributed by atoms with Crippen molar-refractivity contribution in [1.29, 1.82) is 0 Å². The van der Waals surface area contributed by atoms with Gasteiger partial charge in [-0.3, -0.25) is 4.79 Å². The van der Waals surface area contributed by atoms with Crippen LogP contribution in [0.4, 0.5) is 0 Å². The second-order valence-electron chi connectivity index (χ2n) is 6.38. The van der Waals surface area contributed by atoms with Gasteiger partial charge in [-0.25, -0.2) is 13.4 Å². The van der Waals surface area contributed by atoms with Crippen molar-refractivity contribution in [2.75, 3.05) is 19.4 Å². The number of thiazole rings is 1. The topological polar surface area (TPSA) is 94.6 Å². The number of aromatic nitrogens is 1. The summed E-state index contributed by atoms with van der Waals surface area (Å²) in [7, 11) is -1.86. The third-order valence-corrected chi connectivity index (χ3v) is 6.71. The summed E-state index contributed by atoms with van der Waals surface area (Å²) in [4.78, 5) is 16.8. The minimum absolute atomic E-state index is 0.0377. The predicted molar refractivity (Wildman–Crippen MR) is 115 cm³/mol. The van der Waals surface area contributed by atoms with Crippen LogP contribution >= 0.6 is 11.3 Å². The number of nitrogens with zero attached hydrogens (tertiary/aromatic N) is 1. The maximum absolute atomic E-state index is 12.4. The van der Waals surface area contributed by atoms with Crippen molar-refractivity contribution in [3.05, 3.63) is 70.7 Å². The van der Waals surface area contributed by atoms with E-state index >= 15 is 0 Å². The zero-order valence-corrected chi connectivity index (χ0v) is 18.0. The molecule has 0 spiro atoms. The Labute approximate surface area is 179 Å². The fourth-order valence-electron chi connectivity index (χ4n) is 2.70. The van der Waals surface area contributed by atoms with Crippen molar-refractivity contribution in [2.45, 2.75) is 17.9 Å². The fourth-order valence-corrected chi connectivity index (χ4v) is 4.58. The molecule has 0 radical (unpaired) electrons. The Bertz CT molecular complexity index is 1070. The number of hydrogen-bond donors (Lipinski definition) is 1. The molecule has 9 heteroatoms. The standard InChI is InChI=1S/C21H22N2O5S2/c1-27-20-12-16(8-9-19(20)28-13-17-14-29-15-23-17)21(24)22-10-5-11-30(25,26)18-6-3-2-4-7-18/h2-4,6-9,12,14-15H,5,10-11,13H2,1H3,(H,22,24). The summed E-state index contributed by atoms with van der Waals surface area (Å²) in [6.45, 7) is 0.552. The first-order valence-corrected chi connectivity index (χ1v) is 11.8. The molecule has 1 N–H and O–H groups in total. The van der Waals surface area contributed by atoms with Gasteiger partial charge in [0.25, 0.3) is 5.91 Å². The van der Waals surface area contributed by atoms with Crippen LogP contribution in [0.1, 0.15) is 22.5 Å². The second-order valence-corrected chi connectivity index (χ2v) is 9.20. The van der Waals surface area contributed by atoms with Crippen molar-refractivity contribution in [2.24, 2.45) is 0 Å². The number of nitrogens with one attached hydrogen (secondary N) is 1. The molecule has 0 saturated carbocycles. The van der Waals surface area contributed by atoms with E-state index in [9.17, 15) is 13.2 Å². The lowest BCUT2D eigenvalue weighted by Gasteiger charge is -2.12. The molecule has 1 amide bonds. The smallest absolute Gasteiger partial charge is 0.251 e. The zero-order valence-electron chi connectivity index (χ0n) is 16.4. The minimum atomic E-state index is -3.36. The lowest BCUT2D eigenvalue weighted by Crippen LogP contribution is -2.26. The molecule has 1 aromatic heterocycles. The fraction of sp³-hybridized carbons (Fsp3) is 0.238. The van der Waals surface area contributed by atoms with E-state index in [2.05, 4.69) is 10.3 Å². The molecule has 3 rings (SSSR count). The average molecular weight is 447 g/mol. The molecule has 2 aromatic carbocycles. The highest BCUT2D eigenvalue weighted by Crippen LogP contribution is 2.28. The molecule has 0 fully saturated rings. The van der Waals surface area contributed by atoms with Crippen molar-refractivity contribution >= 4 is 27.1 Å². The van der Waals surface area contributed by atoms with Crippen LogP contribution in [0.25, 0.3) is 0 Å². The molecule has 7 nitrogen and oxygen atoms in total. The van der Waals surface area contributed by atoms with E-state index in [0.717, 1.165) is 5.69 Å². The summed E-state index contributed by atoms with van der Waals surface area (Å²) in [6.07, 6.45) is 0.314. The molecule has 1 heterocycles. The van der Waals surface area contributed by atoms with E-state index in [0.29, 0.717) is 30.1 Å². The van der Waals surface area contributed by atoms with Gasteiger partial charge in [0, 0.05) is 17.5 Å². The molecule has 0 bridgehead atoms. The van der Waals surface area contributed by atoms with E-state index in [1.165, 1.54) is 18.4 Å². The van der Waals surface area contributed by atoms with E-state index in [4.69, 9.17) is 9.47 Å². The summed E-state index contributed by atoms with van der Waals surface area (Å²) in [6, 6.07) is 13.2. The van der Waals surface area contributed by atoms with Crippen molar-refractivity contribution < 1.29 is 22.7 Å². The lowest BCUT2D eigenvalue weighted by molar-refractivity contribution is 0.0953. The highest BCUT2D eigenvalue weighted by Gasteiger charge is 2.15. The Balaban J connectivity index is 1.52. The molecule has 0 aliphatic carbocycles. The van der Waals surface area contributed by atoms with Gasteiger partial charge < -0.3 is 14.8 Å². The van der Waals surface area contributed by atoms with Gasteiger partial charge in [0.05, 0.1) is 29.0 Å². The van der Waals surface area contributed by atoms with E-state index < -0.39 is 9.84 Å². The van der Waals surface area contributed by atoms with Gasteiger partial charge in [-0.05, 0) is 36.8 Å². The Morgan fingerprint density at radius 3 is 2.63 bits per heavy atom. The average Bonchev–Trinajstić information content (AvgIpc) is 3.29. The molecule has 30 heavy (non-hydrogen) atoms. The quantitative estimate of drug-likeness (QED) is 0.480. The van der Waals surface area contributed by atoms with Crippen LogP contribution in [0, 0.1) is 0 Å². The zero-order chi connectivity index (χ0) is 21.4. The number of methoxy groups -OCH3 is 1. The van der Waals surface area contributed by atoms with Crippen LogP contribution in [-0.2, 0) is 16.4 Å². The molecule has 0 aliphatic heterocycles. The second kappa shape index (κ2) is 10.2. The number of ether oxygens (including phenoxy) is 2. The largest absolute Gasteiger partial charge is 0.493 e. The monoisotopic (exact) mass is 446 g/mol. The SMILES string of the molecule is COc1cc(C(=O)NCCCS(=O)(=O)c2ccccc2)ccc1OCc1cscn1. The lowest BCUT2D eigenvalue weighted by atomic mass is 10.2. The van der Waals surface area contributed by atoms with Gasteiger partial charge >= 0.3 is 0 Å². The number of carbonyl (C=O) groups excluding carboxylic acids is 1. The van der Waals surface area contributed by atoms with Crippen LogP contribution in [0.2, 0.25) is 0 Å². The molecule has 0 saturated heterocycles. The Hall–Kier alpha value is -2.91. The highest BCUT2D eigenvalue weighted by atomic mass is 32.2. The van der Waals surface area contributed by atoms with Gasteiger partial charge in [0.2, 0.25) is 0 Å². The van der Waals surface area contributed by atoms with Gasteiger partial charge in [-0.15, -0.1) is 11.3 Å². The van der Waals surface area contributed by atoms with E-state index in [-0.39, 0.29) is 23.1 Å². The summed E-state index contributed by atoms with van der Waals surface area (Å²) in [5, 5.41) is 4.63. The van der Waals surface area contributed by atoms with Crippen molar-refractivity contribution in [1.82, 2.24) is 10.3 Å². The molecule has 0 aliphatic rings. The highest BCUT2D eigenvalue weighted by molar-refractivity contribution is 7.91. The summed E-state index contributed by atoms with van der Waals surface area (Å²) in [5.41, 5.74) is 2.95. The molecule has 3 aromatic rings. The predicted octanol–water partition coefficient (Wildman–Crippen LogP) is 3.32. The summed E-state index contributed by atoms with van der Waals surface area (Å²) < 4.78 is 35.6. The van der Waals surface area contributed by atoms with Gasteiger partial charge in [0.1, 0.15) is 6.61 Å². The van der Waals surface area contributed by atoms with E-state index in [1.54, 1.807) is 54.0 Å². The molecule has 0 atom stereocenters. The van der Waals surface area contributed by atoms with Crippen LogP contribution in [0.15, 0.2) is 64.3 Å². The molecular formula is C21H22N2O5S2. The van der Waals surface area contributed by atoms with Crippen LogP contribution in [0.5, 0.6) is 11.5 Å². The Morgan fingerprint density at radius 1 is 1.13 bits per heavy atom. The van der Waals surface area contributed by atoms with Gasteiger partial charge in [-0.2, -0.15) is 0 Å². The Morgan fingerprint density at radius 2 is 1.93 bits per heavy atom. The maximum atomic E-state index is 12.4. The van der Waals surface area contributed by atoms with Crippen molar-refractivity contribution in [3.8, 4) is 11.5 Å². The van der Waals surface area contributed by atoms with Crippen LogP contribution in [0.3, 0.4) is 0 Å². The number of benzene rings is 2. The summed E-state index contributed by atoms with van der Waals surface area (Å²) >= 11 is 1.49. The van der Waals surface area contributed by atoms with Crippen LogP contribution in [-0.4, -0.2) is 38.7 Å².